The Morgan fingerprint density at radius 3 is 2.59 bits per heavy atom. The number of phenols is 1. The van der Waals surface area contributed by atoms with Crippen LogP contribution in [0.1, 0.15) is 86.9 Å². The molecule has 5 fully saturated rings. The average molecular weight is 856 g/mol. The number of halogens is 1. The molecule has 0 bridgehead atoms. The molecule has 2 saturated heterocycles. The van der Waals surface area contributed by atoms with Crippen molar-refractivity contribution in [2.75, 3.05) is 26.2 Å². The summed E-state index contributed by atoms with van der Waals surface area (Å²) in [5.74, 6) is -5.19. The number of amides is 5. The molecule has 6 atom stereocenters. The fraction of sp³-hybridized carbons (Fsp3) is 0.600. The molecule has 3 aliphatic carbocycles. The molecule has 5 amide bonds. The molecule has 6 N–H and O–H groups in total. The van der Waals surface area contributed by atoms with Gasteiger partial charge in [0, 0.05) is 48.3 Å². The number of thiazole rings is 1. The number of aromatic hydroxyl groups is 1. The number of hydrogen-bond donors (Lipinski definition) is 5. The zero-order valence-corrected chi connectivity index (χ0v) is 34.2. The number of nitrogens with two attached hydrogens (primary N) is 1. The van der Waals surface area contributed by atoms with Crippen molar-refractivity contribution in [3.8, 4) is 17.0 Å². The lowest BCUT2D eigenvalue weighted by Crippen LogP contribution is -2.60. The molecule has 3 aliphatic heterocycles. The number of carbonyl (C=O) groups excluding carboxylic acids is 5. The lowest BCUT2D eigenvalue weighted by molar-refractivity contribution is -0.142. The fourth-order valence-electron chi connectivity index (χ4n) is 9.16. The highest BCUT2D eigenvalue weighted by Gasteiger charge is 2.63. The molecule has 6 aliphatic rings. The molecule has 4 heterocycles. The number of fused-ring (bicyclic) bond motifs is 4. The summed E-state index contributed by atoms with van der Waals surface area (Å²) in [7, 11) is -3.95. The van der Waals surface area contributed by atoms with Gasteiger partial charge in [0.2, 0.25) is 21.8 Å². The second-order valence-corrected chi connectivity index (χ2v) is 19.9. The number of nitrogens with one attached hydrogen (secondary N) is 3. The molecule has 3 saturated carbocycles. The standard InChI is InChI=1S/C40H50FN7O9S2/c41-28-16-23(10-13-31(28)49)30-21-58-34(43-30)36(52)47-18-24-19-48-32(27(24)20-47)33(50)45-40(37(53)46-59(55,56)26-11-12-26)17-25(40)8-4-2-1-3-5-9-29(35(48)51)44-38(54)57-22-39(42)14-6-7-15-39/h4,8,10,13,16,21,24-27,29,32,49H,1-3,5-7,9,11-12,14-15,17-20,22,42H2,(H,44,54)(H,45,50)(H,46,53)/b8-4-/t24-,25+,27-,29-,32-,40-/m0/s1. The van der Waals surface area contributed by atoms with Gasteiger partial charge in [-0.15, -0.1) is 11.3 Å². The summed E-state index contributed by atoms with van der Waals surface area (Å²) >= 11 is 1.07. The highest BCUT2D eigenvalue weighted by molar-refractivity contribution is 7.91. The molecule has 318 valence electrons. The molecular weight excluding hydrogens is 806 g/mol. The van der Waals surface area contributed by atoms with Crippen molar-refractivity contribution < 1.29 is 46.6 Å². The van der Waals surface area contributed by atoms with E-state index in [1.54, 1.807) is 10.3 Å². The molecule has 59 heavy (non-hydrogen) atoms. The van der Waals surface area contributed by atoms with Gasteiger partial charge < -0.3 is 36.0 Å². The number of alkyl carbamates (subject to hydrolysis) is 1. The molecule has 16 nitrogen and oxygen atoms in total. The number of allylic oxidation sites excluding steroid dienone is 1. The van der Waals surface area contributed by atoms with Crippen molar-refractivity contribution in [2.45, 2.75) is 105 Å². The van der Waals surface area contributed by atoms with Crippen LogP contribution < -0.4 is 21.1 Å². The van der Waals surface area contributed by atoms with Gasteiger partial charge in [-0.25, -0.2) is 22.6 Å². The van der Waals surface area contributed by atoms with Crippen LogP contribution in [0, 0.1) is 23.6 Å². The smallest absolute Gasteiger partial charge is 0.407 e. The van der Waals surface area contributed by atoms with Crippen LogP contribution in [0.15, 0.2) is 35.7 Å². The maximum absolute atomic E-state index is 14.7. The van der Waals surface area contributed by atoms with E-state index in [9.17, 15) is 41.9 Å². The van der Waals surface area contributed by atoms with Gasteiger partial charge in [0.15, 0.2) is 16.6 Å². The van der Waals surface area contributed by atoms with Crippen molar-refractivity contribution in [1.29, 1.82) is 0 Å². The van der Waals surface area contributed by atoms with Gasteiger partial charge in [-0.05, 0) is 69.6 Å². The van der Waals surface area contributed by atoms with Crippen LogP contribution in [-0.4, -0.2) is 113 Å². The van der Waals surface area contributed by atoms with E-state index in [1.807, 2.05) is 12.2 Å². The molecule has 1 aromatic heterocycles. The van der Waals surface area contributed by atoms with Crippen LogP contribution in [0.3, 0.4) is 0 Å². The van der Waals surface area contributed by atoms with Crippen molar-refractivity contribution in [2.24, 2.45) is 23.5 Å². The zero-order valence-electron chi connectivity index (χ0n) is 32.6. The van der Waals surface area contributed by atoms with Gasteiger partial charge in [0.05, 0.1) is 16.5 Å². The summed E-state index contributed by atoms with van der Waals surface area (Å²) in [5.41, 5.74) is 4.95. The Balaban J connectivity index is 1.05. The number of sulfonamides is 1. The predicted molar refractivity (Wildman–Crippen MR) is 213 cm³/mol. The number of rotatable bonds is 8. The number of nitrogens with zero attached hydrogens (tertiary/aromatic N) is 3. The Labute approximate surface area is 345 Å². The molecular formula is C40H50FN7O9S2. The number of hydrogen-bond acceptors (Lipinski definition) is 12. The third kappa shape index (κ3) is 8.55. The first-order valence-electron chi connectivity index (χ1n) is 20.5. The molecule has 0 spiro atoms. The van der Waals surface area contributed by atoms with Gasteiger partial charge in [-0.3, -0.25) is 23.9 Å². The van der Waals surface area contributed by atoms with Crippen LogP contribution >= 0.6 is 11.3 Å². The molecule has 1 aromatic carbocycles. The lowest BCUT2D eigenvalue weighted by atomic mass is 9.93. The minimum absolute atomic E-state index is 0.00301. The SMILES string of the molecule is NC1(COC(=O)N[C@H]2CCCCC/C=C\[C@@H]3C[C@]3(C(=O)NS(=O)(=O)C3CC3)NC(=O)[C@@H]3[C@H]4CN(C(=O)c5nc(-c6ccc(O)c(F)c6)cs5)C[C@H]4CN3C2=O)CCCC1. The molecule has 0 unspecified atom stereocenters. The Hall–Kier alpha value is -4.62. The molecule has 8 rings (SSSR count). The number of ether oxygens (including phenoxy) is 1. The van der Waals surface area contributed by atoms with Gasteiger partial charge >= 0.3 is 6.09 Å². The quantitative estimate of drug-likeness (QED) is 0.243. The van der Waals surface area contributed by atoms with E-state index in [0.29, 0.717) is 36.9 Å². The van der Waals surface area contributed by atoms with Crippen molar-refractivity contribution >= 4 is 51.1 Å². The largest absolute Gasteiger partial charge is 0.505 e. The zero-order chi connectivity index (χ0) is 41.7. The number of likely N-dealkylation sites (tertiary alicyclic amines) is 1. The summed E-state index contributed by atoms with van der Waals surface area (Å²) in [6.45, 7) is 0.308. The van der Waals surface area contributed by atoms with E-state index in [2.05, 4.69) is 20.3 Å². The monoisotopic (exact) mass is 855 g/mol. The van der Waals surface area contributed by atoms with Crippen molar-refractivity contribution in [1.82, 2.24) is 30.1 Å². The summed E-state index contributed by atoms with van der Waals surface area (Å²) < 4.78 is 47.7. The normalized spacial score (nSPS) is 29.9. The summed E-state index contributed by atoms with van der Waals surface area (Å²) in [4.78, 5) is 77.7. The molecule has 2 aromatic rings. The van der Waals surface area contributed by atoms with Crippen LogP contribution in [0.4, 0.5) is 9.18 Å². The second kappa shape index (κ2) is 16.1. The van der Waals surface area contributed by atoms with Crippen molar-refractivity contribution in [3.05, 3.63) is 46.6 Å². The van der Waals surface area contributed by atoms with Crippen LogP contribution in [-0.2, 0) is 29.1 Å². The predicted octanol–water partition coefficient (Wildman–Crippen LogP) is 2.92. The van der Waals surface area contributed by atoms with Crippen LogP contribution in [0.5, 0.6) is 5.75 Å². The molecule has 19 heteroatoms. The first-order chi connectivity index (χ1) is 28.2. The second-order valence-electron chi connectivity index (χ2n) is 17.1. The number of aromatic nitrogens is 1. The van der Waals surface area contributed by atoms with E-state index in [1.165, 1.54) is 17.0 Å². The summed E-state index contributed by atoms with van der Waals surface area (Å²) in [6.07, 6.45) is 10.4. The van der Waals surface area contributed by atoms with E-state index in [4.69, 9.17) is 10.5 Å². The van der Waals surface area contributed by atoms with E-state index in [0.717, 1.165) is 55.9 Å². The summed E-state index contributed by atoms with van der Waals surface area (Å²) in [5, 5.41) is 16.3. The van der Waals surface area contributed by atoms with Gasteiger partial charge in [-0.2, -0.15) is 0 Å². The minimum atomic E-state index is -3.95. The van der Waals surface area contributed by atoms with Gasteiger partial charge in [0.25, 0.3) is 11.8 Å². The Bertz CT molecular complexity index is 2160. The topological polar surface area (TPSA) is 230 Å². The van der Waals surface area contributed by atoms with Crippen LogP contribution in [0.25, 0.3) is 11.3 Å². The van der Waals surface area contributed by atoms with Crippen LogP contribution in [0.2, 0.25) is 0 Å². The number of carbonyl (C=O) groups is 5. The number of phenolic OH excluding ortho intramolecular Hbond substituents is 1. The Morgan fingerprint density at radius 1 is 1.07 bits per heavy atom. The minimum Gasteiger partial charge on any atom is -0.505 e. The van der Waals surface area contributed by atoms with E-state index >= 15 is 0 Å². The fourth-order valence-corrected chi connectivity index (χ4v) is 11.3. The van der Waals surface area contributed by atoms with Gasteiger partial charge in [0.1, 0.15) is 24.2 Å². The summed E-state index contributed by atoms with van der Waals surface area (Å²) in [6, 6.07) is 1.60. The lowest BCUT2D eigenvalue weighted by Gasteiger charge is -2.33. The first kappa shape index (κ1) is 41.1. The Kier molecular flexibility index (Phi) is 11.2. The maximum atomic E-state index is 14.7. The van der Waals surface area contributed by atoms with E-state index in [-0.39, 0.29) is 50.0 Å². The first-order valence-corrected chi connectivity index (χ1v) is 22.9. The van der Waals surface area contributed by atoms with Crippen molar-refractivity contribution in [3.63, 3.8) is 0 Å². The highest BCUT2D eigenvalue weighted by atomic mass is 32.2. The number of benzene rings is 1. The Morgan fingerprint density at radius 2 is 1.85 bits per heavy atom. The third-order valence-corrected chi connectivity index (χ3v) is 15.5. The average Bonchev–Trinajstić information content (AvgIpc) is 3.91. The third-order valence-electron chi connectivity index (χ3n) is 12.8. The maximum Gasteiger partial charge on any atom is 0.407 e. The highest BCUT2D eigenvalue weighted by Crippen LogP contribution is 2.47. The van der Waals surface area contributed by atoms with E-state index < -0.39 is 91.6 Å². The van der Waals surface area contributed by atoms with Gasteiger partial charge in [-0.1, -0.05) is 37.8 Å². The molecule has 0 radical (unpaired) electrons.